The van der Waals surface area contributed by atoms with Crippen molar-refractivity contribution in [2.24, 2.45) is 0 Å². The van der Waals surface area contributed by atoms with E-state index in [2.05, 4.69) is 20.6 Å². The van der Waals surface area contributed by atoms with Crippen LogP contribution in [-0.4, -0.2) is 40.8 Å². The van der Waals surface area contributed by atoms with E-state index in [1.54, 1.807) is 56.6 Å². The summed E-state index contributed by atoms with van der Waals surface area (Å²) in [5, 5.41) is 6.29. The van der Waals surface area contributed by atoms with Gasteiger partial charge in [-0.25, -0.2) is 9.97 Å². The van der Waals surface area contributed by atoms with Gasteiger partial charge in [-0.3, -0.25) is 9.59 Å². The van der Waals surface area contributed by atoms with Crippen molar-refractivity contribution in [2.75, 3.05) is 24.7 Å². The molecule has 1 aromatic carbocycles. The first-order valence-corrected chi connectivity index (χ1v) is 9.27. The molecule has 29 heavy (non-hydrogen) atoms. The number of nitrogens with one attached hydrogen (secondary N) is 2. The molecule has 0 spiro atoms. The molecule has 2 amide bonds. The van der Waals surface area contributed by atoms with Crippen molar-refractivity contribution in [1.29, 1.82) is 0 Å². The highest BCUT2D eigenvalue weighted by molar-refractivity contribution is 6.40. The fraction of sp³-hybridized carbons (Fsp3) is 0.100. The smallest absolute Gasteiger partial charge is 0.258 e. The number of anilines is 3. The first-order valence-electron chi connectivity index (χ1n) is 8.51. The van der Waals surface area contributed by atoms with Crippen LogP contribution in [0.25, 0.3) is 0 Å². The summed E-state index contributed by atoms with van der Waals surface area (Å²) in [4.78, 5) is 34.3. The lowest BCUT2D eigenvalue weighted by Crippen LogP contribution is -2.21. The molecular weight excluding hydrogens is 413 g/mol. The first kappa shape index (κ1) is 20.6. The van der Waals surface area contributed by atoms with E-state index in [0.717, 1.165) is 0 Å². The fourth-order valence-corrected chi connectivity index (χ4v) is 3.04. The summed E-state index contributed by atoms with van der Waals surface area (Å²) >= 11 is 12.2. The molecule has 0 aliphatic carbocycles. The average molecular weight is 430 g/mol. The number of nitrogens with zero attached hydrogens (tertiary/aromatic N) is 3. The van der Waals surface area contributed by atoms with Gasteiger partial charge < -0.3 is 15.5 Å². The summed E-state index contributed by atoms with van der Waals surface area (Å²) in [6.07, 6.45) is 3.02. The number of rotatable bonds is 5. The Bertz CT molecular complexity index is 1030. The number of carbonyl (C=O) groups excluding carboxylic acids is 2. The molecule has 0 unspecified atom stereocenters. The van der Waals surface area contributed by atoms with Crippen LogP contribution in [0, 0.1) is 0 Å². The van der Waals surface area contributed by atoms with Gasteiger partial charge in [0.15, 0.2) is 0 Å². The SMILES string of the molecule is CN(C)C(=O)c1ccc(Nc2cc(NC(=O)c3c(Cl)cccc3Cl)ccn2)nc1. The normalized spacial score (nSPS) is 10.3. The first-order chi connectivity index (χ1) is 13.8. The molecule has 7 nitrogen and oxygen atoms in total. The van der Waals surface area contributed by atoms with Gasteiger partial charge in [0, 0.05) is 38.2 Å². The largest absolute Gasteiger partial charge is 0.345 e. The number of amides is 2. The van der Waals surface area contributed by atoms with Crippen molar-refractivity contribution < 1.29 is 9.59 Å². The molecule has 0 atom stereocenters. The van der Waals surface area contributed by atoms with E-state index in [0.29, 0.717) is 22.9 Å². The van der Waals surface area contributed by atoms with Crippen LogP contribution < -0.4 is 10.6 Å². The van der Waals surface area contributed by atoms with Crippen LogP contribution in [0.2, 0.25) is 10.0 Å². The van der Waals surface area contributed by atoms with E-state index in [1.807, 2.05) is 0 Å². The number of carbonyl (C=O) groups is 2. The van der Waals surface area contributed by atoms with Crippen LogP contribution in [0.5, 0.6) is 0 Å². The highest BCUT2D eigenvalue weighted by Crippen LogP contribution is 2.25. The van der Waals surface area contributed by atoms with Gasteiger partial charge in [0.05, 0.1) is 21.2 Å². The van der Waals surface area contributed by atoms with Gasteiger partial charge in [0.25, 0.3) is 11.8 Å². The summed E-state index contributed by atoms with van der Waals surface area (Å²) in [5.74, 6) is 0.408. The topological polar surface area (TPSA) is 87.2 Å². The molecule has 0 saturated carbocycles. The van der Waals surface area contributed by atoms with E-state index < -0.39 is 5.91 Å². The second kappa shape index (κ2) is 8.89. The maximum absolute atomic E-state index is 12.5. The lowest BCUT2D eigenvalue weighted by molar-refractivity contribution is 0.0827. The van der Waals surface area contributed by atoms with Crippen LogP contribution in [0.1, 0.15) is 20.7 Å². The Balaban J connectivity index is 1.73. The quantitative estimate of drug-likeness (QED) is 0.623. The van der Waals surface area contributed by atoms with Crippen LogP contribution >= 0.6 is 23.2 Å². The van der Waals surface area contributed by atoms with Gasteiger partial charge in [-0.15, -0.1) is 0 Å². The van der Waals surface area contributed by atoms with Crippen molar-refractivity contribution in [1.82, 2.24) is 14.9 Å². The Morgan fingerprint density at radius 2 is 1.69 bits per heavy atom. The Hall–Kier alpha value is -3.16. The molecular formula is C20H17Cl2N5O2. The number of pyridine rings is 2. The Labute approximate surface area is 177 Å². The molecule has 2 N–H and O–H groups in total. The van der Waals surface area contributed by atoms with Gasteiger partial charge in [0.2, 0.25) is 0 Å². The fourth-order valence-electron chi connectivity index (χ4n) is 2.47. The molecule has 2 heterocycles. The predicted molar refractivity (Wildman–Crippen MR) is 114 cm³/mol. The molecule has 0 aliphatic heterocycles. The standard InChI is InChI=1S/C20H17Cl2N5O2/c1-27(2)20(29)12-6-7-16(24-11-12)26-17-10-13(8-9-23-17)25-19(28)18-14(21)4-3-5-15(18)22/h3-11H,1-2H3,(H2,23,24,25,26,28). The number of benzene rings is 1. The zero-order valence-corrected chi connectivity index (χ0v) is 17.1. The molecule has 3 rings (SSSR count). The lowest BCUT2D eigenvalue weighted by Gasteiger charge is -2.11. The van der Waals surface area contributed by atoms with E-state index >= 15 is 0 Å². The van der Waals surface area contributed by atoms with E-state index in [4.69, 9.17) is 23.2 Å². The predicted octanol–water partition coefficient (Wildman–Crippen LogP) is 4.48. The van der Waals surface area contributed by atoms with Crippen LogP contribution in [0.4, 0.5) is 17.3 Å². The molecule has 2 aromatic heterocycles. The summed E-state index contributed by atoms with van der Waals surface area (Å²) in [5.41, 5.74) is 1.18. The molecule has 0 radical (unpaired) electrons. The van der Waals surface area contributed by atoms with Gasteiger partial charge in [-0.05, 0) is 30.3 Å². The lowest BCUT2D eigenvalue weighted by atomic mass is 10.2. The van der Waals surface area contributed by atoms with Crippen molar-refractivity contribution >= 4 is 52.3 Å². The summed E-state index contributed by atoms with van der Waals surface area (Å²) in [7, 11) is 3.35. The molecule has 0 saturated heterocycles. The van der Waals surface area contributed by atoms with Crippen molar-refractivity contribution in [3.05, 3.63) is 76.0 Å². The minimum atomic E-state index is -0.428. The van der Waals surface area contributed by atoms with Gasteiger partial charge in [0.1, 0.15) is 11.6 Å². The van der Waals surface area contributed by atoms with E-state index in [-0.39, 0.29) is 21.5 Å². The highest BCUT2D eigenvalue weighted by atomic mass is 35.5. The molecule has 0 fully saturated rings. The van der Waals surface area contributed by atoms with Gasteiger partial charge in [-0.2, -0.15) is 0 Å². The second-order valence-electron chi connectivity index (χ2n) is 6.24. The second-order valence-corrected chi connectivity index (χ2v) is 7.05. The molecule has 0 aliphatic rings. The number of aromatic nitrogens is 2. The third-order valence-corrected chi connectivity index (χ3v) is 4.51. The van der Waals surface area contributed by atoms with Gasteiger partial charge in [-0.1, -0.05) is 29.3 Å². The third-order valence-electron chi connectivity index (χ3n) is 3.88. The van der Waals surface area contributed by atoms with Crippen LogP contribution in [0.3, 0.4) is 0 Å². The average Bonchev–Trinajstić information content (AvgIpc) is 2.68. The van der Waals surface area contributed by atoms with Gasteiger partial charge >= 0.3 is 0 Å². The van der Waals surface area contributed by atoms with Crippen molar-refractivity contribution in [3.8, 4) is 0 Å². The monoisotopic (exact) mass is 429 g/mol. The number of hydrogen-bond donors (Lipinski definition) is 2. The van der Waals surface area contributed by atoms with Crippen LogP contribution in [0.15, 0.2) is 54.9 Å². The molecule has 148 valence electrons. The summed E-state index contributed by atoms with van der Waals surface area (Å²) < 4.78 is 0. The molecule has 3 aromatic rings. The summed E-state index contributed by atoms with van der Waals surface area (Å²) in [6, 6.07) is 11.5. The zero-order valence-electron chi connectivity index (χ0n) is 15.6. The zero-order chi connectivity index (χ0) is 21.0. The minimum Gasteiger partial charge on any atom is -0.345 e. The van der Waals surface area contributed by atoms with E-state index in [1.165, 1.54) is 17.3 Å². The van der Waals surface area contributed by atoms with Crippen molar-refractivity contribution in [2.45, 2.75) is 0 Å². The van der Waals surface area contributed by atoms with Crippen LogP contribution in [-0.2, 0) is 0 Å². The minimum absolute atomic E-state index is 0.134. The maximum atomic E-state index is 12.5. The Kier molecular flexibility index (Phi) is 6.31. The van der Waals surface area contributed by atoms with Crippen molar-refractivity contribution in [3.63, 3.8) is 0 Å². The third kappa shape index (κ3) is 5.01. The Morgan fingerprint density at radius 3 is 2.31 bits per heavy atom. The Morgan fingerprint density at radius 1 is 0.966 bits per heavy atom. The summed E-state index contributed by atoms with van der Waals surface area (Å²) in [6.45, 7) is 0. The molecule has 9 heteroatoms. The highest BCUT2D eigenvalue weighted by Gasteiger charge is 2.15. The number of hydrogen-bond acceptors (Lipinski definition) is 5. The molecule has 0 bridgehead atoms. The maximum Gasteiger partial charge on any atom is 0.258 e. The van der Waals surface area contributed by atoms with E-state index in [9.17, 15) is 9.59 Å². The number of halogens is 2.